The molecule has 8 heavy (non-hydrogen) atoms. The molecule has 1 N–H and O–H groups in total. The summed E-state index contributed by atoms with van der Waals surface area (Å²) in [7, 11) is 0. The molecule has 0 aliphatic carbocycles. The minimum Gasteiger partial charge on any atom is -0.454 e. The van der Waals surface area contributed by atoms with Gasteiger partial charge in [0.25, 0.3) is 0 Å². The van der Waals surface area contributed by atoms with Gasteiger partial charge in [-0.3, -0.25) is 0 Å². The molecular weight excluding hydrogens is 112 g/mol. The quantitative estimate of drug-likeness (QED) is 0.295. The minimum absolute atomic E-state index is 0.0370. The van der Waals surface area contributed by atoms with E-state index in [1.54, 1.807) is 0 Å². The van der Waals surface area contributed by atoms with E-state index in [2.05, 4.69) is 9.62 Å². The van der Waals surface area contributed by atoms with Crippen molar-refractivity contribution in [3.63, 3.8) is 0 Å². The Labute approximate surface area is 45.3 Å². The lowest BCUT2D eigenvalue weighted by molar-refractivity contribution is -0.206. The fraction of sp³-hybridized carbons (Fsp3) is 0.250. The standard InChI is InChI=1S/C4H4O4/c5-4-1-3(8-6)2-7-4/h1,6H,2H2. The van der Waals surface area contributed by atoms with Crippen LogP contribution >= 0.6 is 0 Å². The number of ether oxygens (including phenoxy) is 1. The molecule has 0 bridgehead atoms. The topological polar surface area (TPSA) is 55.8 Å². The molecule has 1 heterocycles. The fourth-order valence-corrected chi connectivity index (χ4v) is 0.410. The second-order valence-corrected chi connectivity index (χ2v) is 1.31. The van der Waals surface area contributed by atoms with Crippen molar-refractivity contribution in [3.8, 4) is 0 Å². The summed E-state index contributed by atoms with van der Waals surface area (Å²) in [6, 6.07) is 0. The SMILES string of the molecule is O=C1C=C(OO)CO1. The van der Waals surface area contributed by atoms with Crippen molar-refractivity contribution in [1.29, 1.82) is 0 Å². The zero-order chi connectivity index (χ0) is 5.98. The molecule has 0 fully saturated rings. The van der Waals surface area contributed by atoms with Crippen molar-refractivity contribution in [1.82, 2.24) is 0 Å². The van der Waals surface area contributed by atoms with Gasteiger partial charge >= 0.3 is 5.97 Å². The van der Waals surface area contributed by atoms with Crippen LogP contribution in [0.25, 0.3) is 0 Å². The molecule has 0 spiro atoms. The van der Waals surface area contributed by atoms with Crippen LogP contribution in [0.15, 0.2) is 11.8 Å². The Bertz CT molecular complexity index is 137. The lowest BCUT2D eigenvalue weighted by Crippen LogP contribution is -1.92. The summed E-state index contributed by atoms with van der Waals surface area (Å²) in [5.41, 5.74) is 0. The van der Waals surface area contributed by atoms with Crippen molar-refractivity contribution < 1.29 is 19.7 Å². The van der Waals surface area contributed by atoms with Crippen LogP contribution in [-0.2, 0) is 14.4 Å². The fourth-order valence-electron chi connectivity index (χ4n) is 0.410. The monoisotopic (exact) mass is 116 g/mol. The second-order valence-electron chi connectivity index (χ2n) is 1.31. The van der Waals surface area contributed by atoms with Crippen LogP contribution in [0.5, 0.6) is 0 Å². The van der Waals surface area contributed by atoms with Crippen molar-refractivity contribution in [2.45, 2.75) is 0 Å². The maximum atomic E-state index is 10.1. The molecule has 0 aromatic heterocycles. The Kier molecular flexibility index (Phi) is 1.17. The molecule has 1 rings (SSSR count). The summed E-state index contributed by atoms with van der Waals surface area (Å²) in [5.74, 6) is -0.330. The van der Waals surface area contributed by atoms with E-state index in [-0.39, 0.29) is 12.4 Å². The molecule has 4 heteroatoms. The highest BCUT2D eigenvalue weighted by atomic mass is 17.1. The molecular formula is C4H4O4. The van der Waals surface area contributed by atoms with E-state index < -0.39 is 5.97 Å². The molecule has 0 amide bonds. The Morgan fingerprint density at radius 2 is 2.62 bits per heavy atom. The highest BCUT2D eigenvalue weighted by molar-refractivity contribution is 5.84. The van der Waals surface area contributed by atoms with E-state index in [1.165, 1.54) is 0 Å². The summed E-state index contributed by atoms with van der Waals surface area (Å²) in [4.78, 5) is 13.8. The molecule has 0 unspecified atom stereocenters. The summed E-state index contributed by atoms with van der Waals surface area (Å²) in [5, 5.41) is 7.88. The maximum Gasteiger partial charge on any atom is 0.334 e. The van der Waals surface area contributed by atoms with Gasteiger partial charge in [0.15, 0.2) is 12.4 Å². The van der Waals surface area contributed by atoms with Crippen molar-refractivity contribution in [2.24, 2.45) is 0 Å². The van der Waals surface area contributed by atoms with E-state index >= 15 is 0 Å². The van der Waals surface area contributed by atoms with Crippen molar-refractivity contribution in [2.75, 3.05) is 6.61 Å². The zero-order valence-electron chi connectivity index (χ0n) is 3.96. The van der Waals surface area contributed by atoms with Gasteiger partial charge in [0, 0.05) is 0 Å². The van der Waals surface area contributed by atoms with Crippen LogP contribution < -0.4 is 0 Å². The number of esters is 1. The molecule has 0 saturated heterocycles. The van der Waals surface area contributed by atoms with Crippen LogP contribution in [0.3, 0.4) is 0 Å². The van der Waals surface area contributed by atoms with Gasteiger partial charge in [-0.2, -0.15) is 0 Å². The summed E-state index contributed by atoms with van der Waals surface area (Å²) in [6.07, 6.45) is 1.08. The first-order valence-corrected chi connectivity index (χ1v) is 2.01. The summed E-state index contributed by atoms with van der Waals surface area (Å²) < 4.78 is 4.34. The lowest BCUT2D eigenvalue weighted by atomic mass is 10.5. The number of carbonyl (C=O) groups excluding carboxylic acids is 1. The molecule has 44 valence electrons. The number of hydrogen-bond acceptors (Lipinski definition) is 4. The zero-order valence-corrected chi connectivity index (χ0v) is 3.96. The van der Waals surface area contributed by atoms with Gasteiger partial charge in [-0.25, -0.2) is 10.1 Å². The van der Waals surface area contributed by atoms with E-state index in [4.69, 9.17) is 5.26 Å². The first-order valence-electron chi connectivity index (χ1n) is 2.01. The molecule has 4 nitrogen and oxygen atoms in total. The van der Waals surface area contributed by atoms with Gasteiger partial charge in [-0.1, -0.05) is 0 Å². The maximum absolute atomic E-state index is 10.1. The van der Waals surface area contributed by atoms with E-state index in [0.717, 1.165) is 6.08 Å². The van der Waals surface area contributed by atoms with Gasteiger partial charge in [0.05, 0.1) is 6.08 Å². The highest BCUT2D eigenvalue weighted by Gasteiger charge is 2.13. The van der Waals surface area contributed by atoms with Crippen LogP contribution in [0, 0.1) is 0 Å². The Morgan fingerprint density at radius 3 is 2.88 bits per heavy atom. The minimum atomic E-state index is -0.478. The first kappa shape index (κ1) is 5.11. The Hall–Kier alpha value is -1.03. The number of rotatable bonds is 1. The van der Waals surface area contributed by atoms with Crippen LogP contribution in [0.4, 0.5) is 0 Å². The summed E-state index contributed by atoms with van der Waals surface area (Å²) in [6.45, 7) is 0.0370. The van der Waals surface area contributed by atoms with Crippen LogP contribution in [0.1, 0.15) is 0 Å². The van der Waals surface area contributed by atoms with Gasteiger partial charge in [-0.05, 0) is 0 Å². The number of cyclic esters (lactones) is 1. The third-order valence-corrected chi connectivity index (χ3v) is 0.753. The van der Waals surface area contributed by atoms with Crippen LogP contribution in [-0.4, -0.2) is 17.8 Å². The number of carbonyl (C=O) groups is 1. The normalized spacial score (nSPS) is 17.6. The summed E-state index contributed by atoms with van der Waals surface area (Å²) >= 11 is 0. The molecule has 1 aliphatic rings. The third kappa shape index (κ3) is 0.788. The Morgan fingerprint density at radius 1 is 1.88 bits per heavy atom. The van der Waals surface area contributed by atoms with E-state index in [1.807, 2.05) is 0 Å². The van der Waals surface area contributed by atoms with Gasteiger partial charge in [0.1, 0.15) is 0 Å². The predicted molar refractivity (Wildman–Crippen MR) is 22.8 cm³/mol. The largest absolute Gasteiger partial charge is 0.454 e. The van der Waals surface area contributed by atoms with E-state index in [9.17, 15) is 4.79 Å². The smallest absolute Gasteiger partial charge is 0.334 e. The number of hydrogen-bond donors (Lipinski definition) is 1. The molecule has 1 aliphatic heterocycles. The Balaban J connectivity index is 2.57. The van der Waals surface area contributed by atoms with Gasteiger partial charge in [-0.15, -0.1) is 0 Å². The molecule has 0 radical (unpaired) electrons. The van der Waals surface area contributed by atoms with Crippen molar-refractivity contribution >= 4 is 5.97 Å². The average molecular weight is 116 g/mol. The van der Waals surface area contributed by atoms with Gasteiger partial charge in [0.2, 0.25) is 0 Å². The molecule has 0 aromatic carbocycles. The van der Waals surface area contributed by atoms with Crippen LogP contribution in [0.2, 0.25) is 0 Å². The second kappa shape index (κ2) is 1.83. The van der Waals surface area contributed by atoms with E-state index in [0.29, 0.717) is 0 Å². The molecule has 0 aromatic rings. The van der Waals surface area contributed by atoms with Gasteiger partial charge < -0.3 is 9.62 Å². The molecule has 0 saturated carbocycles. The highest BCUT2D eigenvalue weighted by Crippen LogP contribution is 2.04. The lowest BCUT2D eigenvalue weighted by Gasteiger charge is -1.90. The van der Waals surface area contributed by atoms with Crippen molar-refractivity contribution in [3.05, 3.63) is 11.8 Å². The average Bonchev–Trinajstić information content (AvgIpc) is 2.14. The third-order valence-electron chi connectivity index (χ3n) is 0.753. The predicted octanol–water partition coefficient (Wildman–Crippen LogP) is -0.0833. The first-order chi connectivity index (χ1) is 3.83. The molecule has 0 atom stereocenters.